The molecule has 0 unspecified atom stereocenters. The number of carbonyl (C=O) groups is 2. The van der Waals surface area contributed by atoms with Crippen LogP contribution in [0.3, 0.4) is 0 Å². The quantitative estimate of drug-likeness (QED) is 0.252. The SMILES string of the molecule is CC(=O)CC(=O)O/C(=C\c1ccc([N+](=O)[O-])cc1)Cc1ccccn1. The second-order valence-electron chi connectivity index (χ2n) is 5.31. The number of nitro benzene ring substituents is 1. The highest BCUT2D eigenvalue weighted by Gasteiger charge is 2.12. The molecule has 7 nitrogen and oxygen atoms in total. The third kappa shape index (κ3) is 5.98. The first kappa shape index (κ1) is 18.0. The van der Waals surface area contributed by atoms with Gasteiger partial charge >= 0.3 is 5.97 Å². The number of benzene rings is 1. The molecular weight excluding hydrogens is 324 g/mol. The second-order valence-corrected chi connectivity index (χ2v) is 5.31. The van der Waals surface area contributed by atoms with E-state index in [0.717, 1.165) is 0 Å². The van der Waals surface area contributed by atoms with Crippen molar-refractivity contribution in [2.45, 2.75) is 19.8 Å². The average Bonchev–Trinajstić information content (AvgIpc) is 2.55. The van der Waals surface area contributed by atoms with Crippen LogP contribution in [-0.4, -0.2) is 21.7 Å². The van der Waals surface area contributed by atoms with Gasteiger partial charge in [-0.25, -0.2) is 0 Å². The molecule has 128 valence electrons. The van der Waals surface area contributed by atoms with Gasteiger partial charge in [0.25, 0.3) is 5.69 Å². The second kappa shape index (κ2) is 8.49. The fourth-order valence-electron chi connectivity index (χ4n) is 2.06. The van der Waals surface area contributed by atoms with Crippen molar-refractivity contribution < 1.29 is 19.2 Å². The van der Waals surface area contributed by atoms with Gasteiger partial charge in [-0.05, 0) is 42.8 Å². The summed E-state index contributed by atoms with van der Waals surface area (Å²) in [4.78, 5) is 37.2. The number of non-ortho nitro benzene ring substituents is 1. The van der Waals surface area contributed by atoms with Crippen molar-refractivity contribution in [2.75, 3.05) is 0 Å². The Balaban J connectivity index is 2.24. The molecule has 0 fully saturated rings. The van der Waals surface area contributed by atoms with E-state index in [0.29, 0.717) is 17.0 Å². The number of esters is 1. The number of rotatable bonds is 7. The van der Waals surface area contributed by atoms with E-state index in [1.807, 2.05) is 6.07 Å². The Bertz CT molecular complexity index is 798. The van der Waals surface area contributed by atoms with Gasteiger partial charge in [-0.1, -0.05) is 6.07 Å². The summed E-state index contributed by atoms with van der Waals surface area (Å²) >= 11 is 0. The molecule has 2 aromatic rings. The van der Waals surface area contributed by atoms with Crippen LogP contribution < -0.4 is 0 Å². The first-order valence-electron chi connectivity index (χ1n) is 7.49. The van der Waals surface area contributed by atoms with Crippen LogP contribution in [0.5, 0.6) is 0 Å². The lowest BCUT2D eigenvalue weighted by Gasteiger charge is -2.08. The van der Waals surface area contributed by atoms with Crippen LogP contribution in [0, 0.1) is 10.1 Å². The molecule has 7 heteroatoms. The van der Waals surface area contributed by atoms with Crippen LogP contribution in [0.25, 0.3) is 6.08 Å². The zero-order valence-corrected chi connectivity index (χ0v) is 13.5. The van der Waals surface area contributed by atoms with Gasteiger partial charge in [0, 0.05) is 30.4 Å². The first-order chi connectivity index (χ1) is 11.9. The largest absolute Gasteiger partial charge is 0.430 e. The molecule has 1 aromatic carbocycles. The van der Waals surface area contributed by atoms with Gasteiger partial charge < -0.3 is 4.74 Å². The molecule has 1 heterocycles. The molecule has 0 radical (unpaired) electrons. The molecule has 0 atom stereocenters. The first-order valence-corrected chi connectivity index (χ1v) is 7.49. The minimum absolute atomic E-state index is 0.0306. The Morgan fingerprint density at radius 2 is 1.92 bits per heavy atom. The van der Waals surface area contributed by atoms with Crippen molar-refractivity contribution in [1.82, 2.24) is 4.98 Å². The Morgan fingerprint density at radius 3 is 2.48 bits per heavy atom. The minimum atomic E-state index is -0.656. The van der Waals surface area contributed by atoms with Crippen LogP contribution >= 0.6 is 0 Å². The number of hydrogen-bond acceptors (Lipinski definition) is 6. The van der Waals surface area contributed by atoms with Crippen LogP contribution in [0.15, 0.2) is 54.4 Å². The molecule has 0 saturated heterocycles. The summed E-state index contributed by atoms with van der Waals surface area (Å²) in [5, 5.41) is 10.7. The maximum Gasteiger partial charge on any atom is 0.318 e. The van der Waals surface area contributed by atoms with Crippen molar-refractivity contribution in [3.63, 3.8) is 0 Å². The zero-order valence-electron chi connectivity index (χ0n) is 13.5. The summed E-state index contributed by atoms with van der Waals surface area (Å²) in [6, 6.07) is 11.2. The predicted octanol–water partition coefficient (Wildman–Crippen LogP) is 3.10. The van der Waals surface area contributed by atoms with Gasteiger partial charge in [0.2, 0.25) is 0 Å². The molecule has 0 aliphatic carbocycles. The van der Waals surface area contributed by atoms with E-state index in [1.54, 1.807) is 36.5 Å². The molecule has 0 N–H and O–H groups in total. The summed E-state index contributed by atoms with van der Waals surface area (Å²) in [6.45, 7) is 1.31. The number of ether oxygens (including phenoxy) is 1. The zero-order chi connectivity index (χ0) is 18.2. The molecule has 0 spiro atoms. The van der Waals surface area contributed by atoms with Crippen molar-refractivity contribution in [3.05, 3.63) is 75.8 Å². The number of ketones is 1. The fourth-order valence-corrected chi connectivity index (χ4v) is 2.06. The number of aromatic nitrogens is 1. The van der Waals surface area contributed by atoms with E-state index in [9.17, 15) is 19.7 Å². The lowest BCUT2D eigenvalue weighted by molar-refractivity contribution is -0.384. The fraction of sp³-hybridized carbons (Fsp3) is 0.167. The van der Waals surface area contributed by atoms with Gasteiger partial charge in [0.15, 0.2) is 0 Å². The van der Waals surface area contributed by atoms with Gasteiger partial charge in [-0.2, -0.15) is 0 Å². The smallest absolute Gasteiger partial charge is 0.318 e. The molecule has 2 rings (SSSR count). The Labute approximate surface area is 144 Å². The van der Waals surface area contributed by atoms with Crippen LogP contribution in [0.4, 0.5) is 5.69 Å². The highest BCUT2D eigenvalue weighted by atomic mass is 16.6. The van der Waals surface area contributed by atoms with E-state index >= 15 is 0 Å². The number of pyridine rings is 1. The number of nitro groups is 1. The third-order valence-corrected chi connectivity index (χ3v) is 3.15. The number of Topliss-reactive ketones (excluding diaryl/α,β-unsaturated/α-hetero) is 1. The Kier molecular flexibility index (Phi) is 6.11. The van der Waals surface area contributed by atoms with Gasteiger partial charge in [-0.15, -0.1) is 0 Å². The number of allylic oxidation sites excluding steroid dienone is 1. The standard InChI is InChI=1S/C18H16N2O5/c1-13(21)10-18(22)25-17(12-15-4-2-3-9-19-15)11-14-5-7-16(8-6-14)20(23)24/h2-9,11H,10,12H2,1H3/b17-11-. The van der Waals surface area contributed by atoms with Crippen molar-refractivity contribution in [1.29, 1.82) is 0 Å². The van der Waals surface area contributed by atoms with E-state index in [2.05, 4.69) is 4.98 Å². The van der Waals surface area contributed by atoms with E-state index in [1.165, 1.54) is 19.1 Å². The molecule has 0 aliphatic rings. The van der Waals surface area contributed by atoms with Crippen LogP contribution in [0.1, 0.15) is 24.6 Å². The maximum atomic E-state index is 11.8. The van der Waals surface area contributed by atoms with Crippen molar-refractivity contribution in [2.24, 2.45) is 0 Å². The summed E-state index contributed by atoms with van der Waals surface area (Å²) in [5.41, 5.74) is 1.29. The molecule has 0 bridgehead atoms. The van der Waals surface area contributed by atoms with E-state index in [4.69, 9.17) is 4.74 Å². The average molecular weight is 340 g/mol. The predicted molar refractivity (Wildman–Crippen MR) is 90.4 cm³/mol. The number of hydrogen-bond donors (Lipinski definition) is 0. The third-order valence-electron chi connectivity index (χ3n) is 3.15. The van der Waals surface area contributed by atoms with E-state index < -0.39 is 10.9 Å². The number of carbonyl (C=O) groups excluding carboxylic acids is 2. The molecular formula is C18H16N2O5. The summed E-state index contributed by atoms with van der Waals surface area (Å²) < 4.78 is 5.27. The topological polar surface area (TPSA) is 99.4 Å². The Hall–Kier alpha value is -3.35. The highest BCUT2D eigenvalue weighted by molar-refractivity contribution is 5.94. The lowest BCUT2D eigenvalue weighted by atomic mass is 10.1. The van der Waals surface area contributed by atoms with Gasteiger partial charge in [-0.3, -0.25) is 24.7 Å². The van der Waals surface area contributed by atoms with Crippen LogP contribution in [0.2, 0.25) is 0 Å². The molecule has 0 amide bonds. The molecule has 0 saturated carbocycles. The highest BCUT2D eigenvalue weighted by Crippen LogP contribution is 2.17. The maximum absolute atomic E-state index is 11.8. The van der Waals surface area contributed by atoms with Gasteiger partial charge in [0.05, 0.1) is 4.92 Å². The molecule has 0 aliphatic heterocycles. The normalized spacial score (nSPS) is 11.0. The number of nitrogens with zero attached hydrogens (tertiary/aromatic N) is 2. The molecule has 1 aromatic heterocycles. The monoisotopic (exact) mass is 340 g/mol. The van der Waals surface area contributed by atoms with Crippen LogP contribution in [-0.2, 0) is 20.7 Å². The Morgan fingerprint density at radius 1 is 1.20 bits per heavy atom. The summed E-state index contributed by atoms with van der Waals surface area (Å²) in [5.74, 6) is -0.645. The van der Waals surface area contributed by atoms with Gasteiger partial charge in [0.1, 0.15) is 18.0 Å². The molecule has 25 heavy (non-hydrogen) atoms. The minimum Gasteiger partial charge on any atom is -0.430 e. The van der Waals surface area contributed by atoms with Crippen molar-refractivity contribution in [3.8, 4) is 0 Å². The van der Waals surface area contributed by atoms with E-state index in [-0.39, 0.29) is 24.3 Å². The summed E-state index contributed by atoms with van der Waals surface area (Å²) in [6.07, 6.45) is 3.15. The summed E-state index contributed by atoms with van der Waals surface area (Å²) in [7, 11) is 0. The van der Waals surface area contributed by atoms with Crippen molar-refractivity contribution >= 4 is 23.5 Å². The lowest BCUT2D eigenvalue weighted by Crippen LogP contribution is -2.10.